The van der Waals surface area contributed by atoms with Crippen LogP contribution in [0.3, 0.4) is 0 Å². The number of hydrogen-bond acceptors (Lipinski definition) is 3. The number of hydrogen-bond donors (Lipinski definition) is 1. The number of aliphatic imine (C=N–C) groups is 1. The first-order chi connectivity index (χ1) is 10.5. The maximum Gasteiger partial charge on any atom is 0.0726 e. The molecule has 1 N–H and O–H groups in total. The Labute approximate surface area is 134 Å². The first-order valence-electron chi connectivity index (χ1n) is 7.75. The molecule has 0 amide bonds. The summed E-state index contributed by atoms with van der Waals surface area (Å²) in [5, 5.41) is 3.12. The van der Waals surface area contributed by atoms with Crippen molar-refractivity contribution in [1.82, 2.24) is 10.3 Å². The first kappa shape index (κ1) is 17.9. The number of rotatable bonds is 7. The van der Waals surface area contributed by atoms with E-state index in [9.17, 15) is 0 Å². The molecule has 0 fully saturated rings. The standard InChI is InChI=1S/C19H27N3/c1-7-14(4)21-13-17(9-3)18-11-10-16(8-2)19(22-18)12-15(5)20-6/h8-14,20H,2,7H2,1,3-6H3/b15-12+,17-9+,21-13?. The lowest BCUT2D eigenvalue weighted by Gasteiger charge is -2.08. The highest BCUT2D eigenvalue weighted by molar-refractivity contribution is 6.09. The van der Waals surface area contributed by atoms with Gasteiger partial charge < -0.3 is 5.32 Å². The molecule has 0 aliphatic carbocycles. The molecule has 1 aromatic rings. The lowest BCUT2D eigenvalue weighted by atomic mass is 10.1. The summed E-state index contributed by atoms with van der Waals surface area (Å²) in [4.78, 5) is 9.32. The summed E-state index contributed by atoms with van der Waals surface area (Å²) in [6.45, 7) is 12.1. The fourth-order valence-electron chi connectivity index (χ4n) is 1.81. The Morgan fingerprint density at radius 3 is 2.73 bits per heavy atom. The number of nitrogens with zero attached hydrogens (tertiary/aromatic N) is 2. The lowest BCUT2D eigenvalue weighted by Crippen LogP contribution is -2.03. The second-order valence-corrected chi connectivity index (χ2v) is 5.23. The average molecular weight is 297 g/mol. The fourth-order valence-corrected chi connectivity index (χ4v) is 1.81. The smallest absolute Gasteiger partial charge is 0.0726 e. The van der Waals surface area contributed by atoms with Gasteiger partial charge in [-0.25, -0.2) is 4.98 Å². The normalized spacial score (nSPS) is 14.2. The van der Waals surface area contributed by atoms with Crippen LogP contribution in [0.1, 0.15) is 51.1 Å². The number of pyridine rings is 1. The summed E-state index contributed by atoms with van der Waals surface area (Å²) in [5.74, 6) is 0. The summed E-state index contributed by atoms with van der Waals surface area (Å²) in [7, 11) is 1.90. The van der Waals surface area contributed by atoms with Gasteiger partial charge in [0.2, 0.25) is 0 Å². The summed E-state index contributed by atoms with van der Waals surface area (Å²) < 4.78 is 0. The molecule has 1 heterocycles. The van der Waals surface area contributed by atoms with Gasteiger partial charge in [0.25, 0.3) is 0 Å². The molecule has 0 radical (unpaired) electrons. The maximum absolute atomic E-state index is 4.76. The highest BCUT2D eigenvalue weighted by Crippen LogP contribution is 2.17. The maximum atomic E-state index is 4.76. The minimum Gasteiger partial charge on any atom is -0.392 e. The Hall–Kier alpha value is -2.16. The van der Waals surface area contributed by atoms with E-state index in [4.69, 9.17) is 4.98 Å². The van der Waals surface area contributed by atoms with Crippen LogP contribution in [0.4, 0.5) is 0 Å². The van der Waals surface area contributed by atoms with Gasteiger partial charge in [-0.1, -0.05) is 31.7 Å². The molecule has 1 rings (SSSR count). The zero-order chi connectivity index (χ0) is 16.5. The van der Waals surface area contributed by atoms with Crippen molar-refractivity contribution in [3.05, 3.63) is 47.4 Å². The molecule has 3 nitrogen and oxygen atoms in total. The van der Waals surface area contributed by atoms with E-state index in [1.807, 2.05) is 57.5 Å². The second-order valence-electron chi connectivity index (χ2n) is 5.23. The summed E-state index contributed by atoms with van der Waals surface area (Å²) in [5.41, 5.74) is 4.95. The van der Waals surface area contributed by atoms with Gasteiger partial charge in [-0.05, 0) is 44.9 Å². The van der Waals surface area contributed by atoms with Gasteiger partial charge in [0.05, 0.1) is 11.4 Å². The summed E-state index contributed by atoms with van der Waals surface area (Å²) in [6, 6.07) is 4.39. The molecule has 118 valence electrons. The quantitative estimate of drug-likeness (QED) is 0.748. The Morgan fingerprint density at radius 1 is 1.45 bits per heavy atom. The van der Waals surface area contributed by atoms with Gasteiger partial charge in [0, 0.05) is 30.6 Å². The Morgan fingerprint density at radius 2 is 2.18 bits per heavy atom. The molecule has 0 aliphatic rings. The van der Waals surface area contributed by atoms with Crippen molar-refractivity contribution >= 4 is 23.9 Å². The van der Waals surface area contributed by atoms with Gasteiger partial charge in [-0.3, -0.25) is 4.99 Å². The van der Waals surface area contributed by atoms with Crippen molar-refractivity contribution in [2.45, 2.75) is 40.2 Å². The molecule has 0 saturated heterocycles. The van der Waals surface area contributed by atoms with Crippen LogP contribution in [0.15, 0.2) is 35.5 Å². The van der Waals surface area contributed by atoms with Crippen molar-refractivity contribution in [2.75, 3.05) is 7.05 Å². The molecule has 1 aromatic heterocycles. The van der Waals surface area contributed by atoms with Crippen LogP contribution in [0.2, 0.25) is 0 Å². The minimum absolute atomic E-state index is 0.327. The number of allylic oxidation sites excluding steroid dienone is 3. The monoisotopic (exact) mass is 297 g/mol. The Kier molecular flexibility index (Phi) is 7.30. The third kappa shape index (κ3) is 4.99. The fraction of sp³-hybridized carbons (Fsp3) is 0.368. The van der Waals surface area contributed by atoms with Crippen LogP contribution >= 0.6 is 0 Å². The molecular formula is C19H27N3. The highest BCUT2D eigenvalue weighted by atomic mass is 14.8. The van der Waals surface area contributed by atoms with Crippen LogP contribution in [-0.2, 0) is 0 Å². The van der Waals surface area contributed by atoms with E-state index < -0.39 is 0 Å². The molecule has 1 atom stereocenters. The molecule has 1 unspecified atom stereocenters. The molecular weight excluding hydrogens is 270 g/mol. The van der Waals surface area contributed by atoms with Gasteiger partial charge in [-0.2, -0.15) is 0 Å². The van der Waals surface area contributed by atoms with Crippen molar-refractivity contribution in [3.8, 4) is 0 Å². The average Bonchev–Trinajstić information content (AvgIpc) is 2.55. The topological polar surface area (TPSA) is 37.3 Å². The van der Waals surface area contributed by atoms with E-state index in [1.165, 1.54) is 0 Å². The summed E-state index contributed by atoms with van der Waals surface area (Å²) >= 11 is 0. The van der Waals surface area contributed by atoms with Crippen LogP contribution in [0.5, 0.6) is 0 Å². The van der Waals surface area contributed by atoms with E-state index in [0.29, 0.717) is 6.04 Å². The zero-order valence-corrected chi connectivity index (χ0v) is 14.4. The summed E-state index contributed by atoms with van der Waals surface area (Å²) in [6.07, 6.45) is 8.85. The minimum atomic E-state index is 0.327. The van der Waals surface area contributed by atoms with E-state index in [0.717, 1.165) is 34.6 Å². The molecule has 0 aliphatic heterocycles. The first-order valence-corrected chi connectivity index (χ1v) is 7.75. The predicted octanol–water partition coefficient (Wildman–Crippen LogP) is 4.58. The Balaban J connectivity index is 3.22. The van der Waals surface area contributed by atoms with Crippen LogP contribution in [-0.4, -0.2) is 24.3 Å². The van der Waals surface area contributed by atoms with Crippen molar-refractivity contribution < 1.29 is 0 Å². The van der Waals surface area contributed by atoms with Gasteiger partial charge in [-0.15, -0.1) is 0 Å². The van der Waals surface area contributed by atoms with Gasteiger partial charge >= 0.3 is 0 Å². The molecule has 0 bridgehead atoms. The number of aromatic nitrogens is 1. The third-order valence-corrected chi connectivity index (χ3v) is 3.59. The number of nitrogens with one attached hydrogen (secondary N) is 1. The molecule has 3 heteroatoms. The van der Waals surface area contributed by atoms with E-state index >= 15 is 0 Å². The zero-order valence-electron chi connectivity index (χ0n) is 14.4. The largest absolute Gasteiger partial charge is 0.392 e. The Bertz CT molecular complexity index is 595. The second kappa shape index (κ2) is 8.98. The molecule has 0 spiro atoms. The highest BCUT2D eigenvalue weighted by Gasteiger charge is 2.05. The van der Waals surface area contributed by atoms with Crippen LogP contribution < -0.4 is 5.32 Å². The van der Waals surface area contributed by atoms with Crippen LogP contribution in [0, 0.1) is 0 Å². The van der Waals surface area contributed by atoms with Gasteiger partial charge in [0.1, 0.15) is 0 Å². The van der Waals surface area contributed by atoms with E-state index in [-0.39, 0.29) is 0 Å². The lowest BCUT2D eigenvalue weighted by molar-refractivity contribution is 0.721. The van der Waals surface area contributed by atoms with Crippen molar-refractivity contribution in [3.63, 3.8) is 0 Å². The predicted molar refractivity (Wildman–Crippen MR) is 98.9 cm³/mol. The SMILES string of the molecule is C=Cc1ccc(/C(C=NC(C)CC)=C/C)nc1/C=C(\C)NC. The van der Waals surface area contributed by atoms with Crippen molar-refractivity contribution in [2.24, 2.45) is 4.99 Å². The van der Waals surface area contributed by atoms with E-state index in [1.54, 1.807) is 0 Å². The van der Waals surface area contributed by atoms with Crippen molar-refractivity contribution in [1.29, 1.82) is 0 Å². The molecule has 0 aromatic carbocycles. The van der Waals surface area contributed by atoms with Crippen LogP contribution in [0.25, 0.3) is 17.7 Å². The van der Waals surface area contributed by atoms with E-state index in [2.05, 4.69) is 30.7 Å². The molecule has 22 heavy (non-hydrogen) atoms. The third-order valence-electron chi connectivity index (χ3n) is 3.59. The van der Waals surface area contributed by atoms with Gasteiger partial charge in [0.15, 0.2) is 0 Å². The molecule has 0 saturated carbocycles.